The van der Waals surface area contributed by atoms with Crippen molar-refractivity contribution in [1.82, 2.24) is 0 Å². The van der Waals surface area contributed by atoms with Gasteiger partial charge in [0.15, 0.2) is 0 Å². The van der Waals surface area contributed by atoms with Crippen LogP contribution >= 0.6 is 11.6 Å². The van der Waals surface area contributed by atoms with Gasteiger partial charge in [-0.3, -0.25) is 0 Å². The van der Waals surface area contributed by atoms with Crippen LogP contribution in [-0.2, 0) is 11.2 Å². The predicted octanol–water partition coefficient (Wildman–Crippen LogP) is 3.76. The predicted molar refractivity (Wildman–Crippen MR) is 85.0 cm³/mol. The molecule has 22 heavy (non-hydrogen) atoms. The van der Waals surface area contributed by atoms with E-state index in [4.69, 9.17) is 21.1 Å². The first-order valence-corrected chi connectivity index (χ1v) is 7.15. The first-order valence-electron chi connectivity index (χ1n) is 6.77. The summed E-state index contributed by atoms with van der Waals surface area (Å²) in [6.45, 7) is 0.455. The van der Waals surface area contributed by atoms with Crippen molar-refractivity contribution in [1.29, 1.82) is 0 Å². The molecule has 0 radical (unpaired) electrons. The van der Waals surface area contributed by atoms with E-state index in [9.17, 15) is 4.79 Å². The van der Waals surface area contributed by atoms with Gasteiger partial charge in [0.05, 0.1) is 31.4 Å². The van der Waals surface area contributed by atoms with Gasteiger partial charge in [0, 0.05) is 6.42 Å². The molecule has 0 fully saturated rings. The van der Waals surface area contributed by atoms with E-state index in [2.05, 4.69) is 4.74 Å². The quantitative estimate of drug-likeness (QED) is 0.760. The number of rotatable bonds is 6. The highest BCUT2D eigenvalue weighted by Gasteiger charge is 2.09. The molecule has 0 unspecified atom stereocenters. The monoisotopic (exact) mass is 320 g/mol. The minimum Gasteiger partial charge on any atom is -0.497 e. The van der Waals surface area contributed by atoms with Crippen LogP contribution in [0, 0.1) is 0 Å². The number of methoxy groups -OCH3 is 2. The second-order valence-electron chi connectivity index (χ2n) is 4.58. The second-order valence-corrected chi connectivity index (χ2v) is 4.99. The van der Waals surface area contributed by atoms with Crippen molar-refractivity contribution in [2.45, 2.75) is 6.42 Å². The summed E-state index contributed by atoms with van der Waals surface area (Å²) in [7, 11) is 2.97. The van der Waals surface area contributed by atoms with Gasteiger partial charge in [0.1, 0.15) is 11.5 Å². The first-order chi connectivity index (χ1) is 10.6. The number of esters is 1. The minimum absolute atomic E-state index is 0.409. The maximum atomic E-state index is 11.5. The Morgan fingerprint density at radius 1 is 1.09 bits per heavy atom. The maximum absolute atomic E-state index is 11.5. The Balaban J connectivity index is 1.97. The molecule has 4 nitrogen and oxygen atoms in total. The zero-order chi connectivity index (χ0) is 15.9. The highest BCUT2D eigenvalue weighted by atomic mass is 35.5. The fourth-order valence-corrected chi connectivity index (χ4v) is 2.10. The Hall–Kier alpha value is -2.20. The average Bonchev–Trinajstić information content (AvgIpc) is 2.56. The fraction of sp³-hybridized carbons (Fsp3) is 0.235. The van der Waals surface area contributed by atoms with Crippen molar-refractivity contribution in [2.75, 3.05) is 20.8 Å². The Labute approximate surface area is 134 Å². The highest BCUT2D eigenvalue weighted by Crippen LogP contribution is 2.26. The van der Waals surface area contributed by atoms with Gasteiger partial charge in [-0.25, -0.2) is 4.79 Å². The van der Waals surface area contributed by atoms with Gasteiger partial charge in [0.2, 0.25) is 0 Å². The molecule has 0 aliphatic rings. The third kappa shape index (κ3) is 4.15. The van der Waals surface area contributed by atoms with Gasteiger partial charge in [-0.15, -0.1) is 0 Å². The SMILES string of the molecule is COC(=O)c1ccc(Cl)c(OCCc2ccc(OC)cc2)c1. The molecule has 0 heterocycles. The summed E-state index contributed by atoms with van der Waals surface area (Å²) in [5, 5.41) is 0.461. The van der Waals surface area contributed by atoms with Gasteiger partial charge in [-0.1, -0.05) is 23.7 Å². The maximum Gasteiger partial charge on any atom is 0.337 e. The number of carbonyl (C=O) groups excluding carboxylic acids is 1. The van der Waals surface area contributed by atoms with Gasteiger partial charge in [0.25, 0.3) is 0 Å². The molecule has 0 saturated heterocycles. The molecule has 0 aromatic heterocycles. The van der Waals surface area contributed by atoms with Gasteiger partial charge < -0.3 is 14.2 Å². The largest absolute Gasteiger partial charge is 0.497 e. The standard InChI is InChI=1S/C17H17ClO4/c1-20-14-6-3-12(4-7-14)9-10-22-16-11-13(17(19)21-2)5-8-15(16)18/h3-8,11H,9-10H2,1-2H3. The van der Waals surface area contributed by atoms with Gasteiger partial charge >= 0.3 is 5.97 Å². The Kier molecular flexibility index (Phi) is 5.67. The summed E-state index contributed by atoms with van der Waals surface area (Å²) in [4.78, 5) is 11.5. The zero-order valence-corrected chi connectivity index (χ0v) is 13.2. The molecule has 0 atom stereocenters. The molecule has 0 aliphatic heterocycles. The van der Waals surface area contributed by atoms with Crippen molar-refractivity contribution < 1.29 is 19.0 Å². The lowest BCUT2D eigenvalue weighted by Crippen LogP contribution is -2.05. The molecule has 0 saturated carbocycles. The van der Waals surface area contributed by atoms with Crippen molar-refractivity contribution >= 4 is 17.6 Å². The van der Waals surface area contributed by atoms with Crippen LogP contribution in [0.4, 0.5) is 0 Å². The molecule has 0 N–H and O–H groups in total. The van der Waals surface area contributed by atoms with Crippen molar-refractivity contribution in [3.8, 4) is 11.5 Å². The summed E-state index contributed by atoms with van der Waals surface area (Å²) in [5.74, 6) is 0.869. The molecule has 0 aliphatic carbocycles. The molecule has 116 valence electrons. The van der Waals surface area contributed by atoms with Crippen LogP contribution in [0.1, 0.15) is 15.9 Å². The summed E-state index contributed by atoms with van der Waals surface area (Å²) in [6.07, 6.45) is 0.725. The number of benzene rings is 2. The van der Waals surface area contributed by atoms with Gasteiger partial charge in [-0.05, 0) is 35.9 Å². The molecular weight excluding hydrogens is 304 g/mol. The average molecular weight is 321 g/mol. The third-order valence-electron chi connectivity index (χ3n) is 3.16. The van der Waals surface area contributed by atoms with Crippen LogP contribution in [0.5, 0.6) is 11.5 Å². The molecule has 2 aromatic rings. The lowest BCUT2D eigenvalue weighted by molar-refractivity contribution is 0.0600. The Morgan fingerprint density at radius 3 is 2.45 bits per heavy atom. The first kappa shape index (κ1) is 16.2. The highest BCUT2D eigenvalue weighted by molar-refractivity contribution is 6.32. The normalized spacial score (nSPS) is 10.1. The molecular formula is C17H17ClO4. The topological polar surface area (TPSA) is 44.8 Å². The molecule has 0 bridgehead atoms. The molecule has 0 amide bonds. The lowest BCUT2D eigenvalue weighted by Gasteiger charge is -2.10. The van der Waals surface area contributed by atoms with Crippen LogP contribution in [0.25, 0.3) is 0 Å². The molecule has 5 heteroatoms. The molecule has 2 aromatic carbocycles. The van der Waals surface area contributed by atoms with E-state index >= 15 is 0 Å². The van der Waals surface area contributed by atoms with E-state index in [0.717, 1.165) is 17.7 Å². The number of hydrogen-bond acceptors (Lipinski definition) is 4. The summed E-state index contributed by atoms with van der Waals surface area (Å²) >= 11 is 6.07. The number of carbonyl (C=O) groups is 1. The molecule has 0 spiro atoms. The number of ether oxygens (including phenoxy) is 3. The lowest BCUT2D eigenvalue weighted by atomic mass is 10.1. The van der Waals surface area contributed by atoms with Crippen LogP contribution in [0.3, 0.4) is 0 Å². The fourth-order valence-electron chi connectivity index (χ4n) is 1.93. The third-order valence-corrected chi connectivity index (χ3v) is 3.47. The smallest absolute Gasteiger partial charge is 0.337 e. The zero-order valence-electron chi connectivity index (χ0n) is 12.5. The van der Waals surface area contributed by atoms with E-state index in [1.54, 1.807) is 25.3 Å². The minimum atomic E-state index is -0.420. The van der Waals surface area contributed by atoms with Gasteiger partial charge in [-0.2, -0.15) is 0 Å². The summed E-state index contributed by atoms with van der Waals surface area (Å²) in [6, 6.07) is 12.6. The van der Waals surface area contributed by atoms with Crippen LogP contribution in [0.2, 0.25) is 5.02 Å². The second kappa shape index (κ2) is 7.71. The summed E-state index contributed by atoms with van der Waals surface area (Å²) in [5.41, 5.74) is 1.53. The van der Waals surface area contributed by atoms with Crippen molar-refractivity contribution in [2.24, 2.45) is 0 Å². The van der Waals surface area contributed by atoms with E-state index in [1.807, 2.05) is 24.3 Å². The Bertz CT molecular complexity index is 638. The van der Waals surface area contributed by atoms with E-state index in [1.165, 1.54) is 7.11 Å². The van der Waals surface area contributed by atoms with E-state index < -0.39 is 5.97 Å². The van der Waals surface area contributed by atoms with Crippen LogP contribution in [-0.4, -0.2) is 26.8 Å². The van der Waals surface area contributed by atoms with Crippen molar-refractivity contribution in [3.63, 3.8) is 0 Å². The summed E-state index contributed by atoms with van der Waals surface area (Å²) < 4.78 is 15.5. The number of hydrogen-bond donors (Lipinski definition) is 0. The van der Waals surface area contributed by atoms with E-state index in [-0.39, 0.29) is 0 Å². The molecule has 2 rings (SSSR count). The van der Waals surface area contributed by atoms with Crippen LogP contribution < -0.4 is 9.47 Å². The van der Waals surface area contributed by atoms with E-state index in [0.29, 0.717) is 22.9 Å². The Morgan fingerprint density at radius 2 is 1.82 bits per heavy atom. The van der Waals surface area contributed by atoms with Crippen LogP contribution in [0.15, 0.2) is 42.5 Å². The number of halogens is 1. The van der Waals surface area contributed by atoms with Crippen molar-refractivity contribution in [3.05, 3.63) is 58.6 Å².